The van der Waals surface area contributed by atoms with Crippen molar-refractivity contribution in [2.75, 3.05) is 6.61 Å². The van der Waals surface area contributed by atoms with Gasteiger partial charge in [-0.2, -0.15) is 0 Å². The van der Waals surface area contributed by atoms with Crippen molar-refractivity contribution in [3.8, 4) is 17.1 Å². The fourth-order valence-electron chi connectivity index (χ4n) is 2.31. The molecule has 0 bridgehead atoms. The molecule has 4 heteroatoms. The van der Waals surface area contributed by atoms with Crippen LogP contribution in [0.25, 0.3) is 11.4 Å². The maximum atomic E-state index is 14.1. The fourth-order valence-corrected chi connectivity index (χ4v) is 2.31. The first-order valence-corrected chi connectivity index (χ1v) is 8.48. The van der Waals surface area contributed by atoms with E-state index in [1.807, 2.05) is 12.4 Å². The molecule has 0 aliphatic heterocycles. The Labute approximate surface area is 137 Å². The van der Waals surface area contributed by atoms with Crippen LogP contribution in [0.15, 0.2) is 30.6 Å². The summed E-state index contributed by atoms with van der Waals surface area (Å²) >= 11 is 0. The Kier molecular flexibility index (Phi) is 6.98. The van der Waals surface area contributed by atoms with Gasteiger partial charge in [-0.3, -0.25) is 0 Å². The highest BCUT2D eigenvalue weighted by Crippen LogP contribution is 2.23. The predicted octanol–water partition coefficient (Wildman–Crippen LogP) is 5.19. The van der Waals surface area contributed by atoms with E-state index >= 15 is 0 Å². The number of unbranched alkanes of at least 4 members (excludes halogenated alkanes) is 3. The fraction of sp³-hybridized carbons (Fsp3) is 0.474. The number of nitrogens with zero attached hydrogens (tertiary/aromatic N) is 2. The molecule has 124 valence electrons. The van der Waals surface area contributed by atoms with Gasteiger partial charge in [0, 0.05) is 18.0 Å². The average molecular weight is 316 g/mol. The second-order valence-corrected chi connectivity index (χ2v) is 5.72. The highest BCUT2D eigenvalue weighted by molar-refractivity contribution is 5.56. The van der Waals surface area contributed by atoms with Gasteiger partial charge >= 0.3 is 0 Å². The Morgan fingerprint density at radius 1 is 1.00 bits per heavy atom. The normalized spacial score (nSPS) is 10.7. The molecule has 23 heavy (non-hydrogen) atoms. The SMILES string of the molecule is CCCCCOc1ccc(-c2ncc(CCCC)cn2)cc1F. The van der Waals surface area contributed by atoms with Gasteiger partial charge in [-0.1, -0.05) is 33.1 Å². The monoisotopic (exact) mass is 316 g/mol. The molecular formula is C19H25FN2O. The smallest absolute Gasteiger partial charge is 0.165 e. The van der Waals surface area contributed by atoms with Crippen LogP contribution in [0.1, 0.15) is 51.5 Å². The molecule has 0 saturated heterocycles. The second kappa shape index (κ2) is 9.23. The summed E-state index contributed by atoms with van der Waals surface area (Å²) in [7, 11) is 0. The molecule has 0 unspecified atom stereocenters. The first kappa shape index (κ1) is 17.4. The van der Waals surface area contributed by atoms with E-state index in [4.69, 9.17) is 4.74 Å². The minimum atomic E-state index is -0.363. The summed E-state index contributed by atoms with van der Waals surface area (Å²) < 4.78 is 19.6. The van der Waals surface area contributed by atoms with E-state index in [1.54, 1.807) is 12.1 Å². The topological polar surface area (TPSA) is 35.0 Å². The number of aryl methyl sites for hydroxylation is 1. The number of aromatic nitrogens is 2. The van der Waals surface area contributed by atoms with Crippen LogP contribution >= 0.6 is 0 Å². The maximum Gasteiger partial charge on any atom is 0.165 e. The van der Waals surface area contributed by atoms with E-state index in [0.717, 1.165) is 44.1 Å². The number of hydrogen-bond acceptors (Lipinski definition) is 3. The number of benzene rings is 1. The summed E-state index contributed by atoms with van der Waals surface area (Å²) in [5, 5.41) is 0. The molecular weight excluding hydrogens is 291 g/mol. The molecule has 0 spiro atoms. The van der Waals surface area contributed by atoms with Crippen molar-refractivity contribution in [3.05, 3.63) is 42.0 Å². The van der Waals surface area contributed by atoms with Crippen molar-refractivity contribution in [1.29, 1.82) is 0 Å². The van der Waals surface area contributed by atoms with Gasteiger partial charge in [-0.05, 0) is 43.0 Å². The summed E-state index contributed by atoms with van der Waals surface area (Å²) in [5.74, 6) is 0.476. The van der Waals surface area contributed by atoms with Crippen LogP contribution in [0.4, 0.5) is 4.39 Å². The summed E-state index contributed by atoms with van der Waals surface area (Å²) in [4.78, 5) is 8.68. The first-order valence-electron chi connectivity index (χ1n) is 8.48. The van der Waals surface area contributed by atoms with Crippen LogP contribution in [-0.4, -0.2) is 16.6 Å². The number of ether oxygens (including phenoxy) is 1. The van der Waals surface area contributed by atoms with Crippen molar-refractivity contribution in [1.82, 2.24) is 9.97 Å². The van der Waals surface area contributed by atoms with Gasteiger partial charge in [-0.25, -0.2) is 14.4 Å². The third kappa shape index (κ3) is 5.31. The van der Waals surface area contributed by atoms with Crippen molar-refractivity contribution >= 4 is 0 Å². The largest absolute Gasteiger partial charge is 0.491 e. The van der Waals surface area contributed by atoms with Gasteiger partial charge in [0.15, 0.2) is 17.4 Å². The van der Waals surface area contributed by atoms with E-state index in [1.165, 1.54) is 6.07 Å². The minimum Gasteiger partial charge on any atom is -0.491 e. The highest BCUT2D eigenvalue weighted by Gasteiger charge is 2.08. The minimum absolute atomic E-state index is 0.296. The zero-order valence-electron chi connectivity index (χ0n) is 14.0. The Balaban J connectivity index is 2.01. The van der Waals surface area contributed by atoms with Crippen LogP contribution < -0.4 is 4.74 Å². The molecule has 0 saturated carbocycles. The molecule has 0 N–H and O–H groups in total. The third-order valence-electron chi connectivity index (χ3n) is 3.72. The maximum absolute atomic E-state index is 14.1. The third-order valence-corrected chi connectivity index (χ3v) is 3.72. The number of hydrogen-bond donors (Lipinski definition) is 0. The molecule has 1 heterocycles. The van der Waals surface area contributed by atoms with Gasteiger partial charge in [-0.15, -0.1) is 0 Å². The molecule has 0 aliphatic carbocycles. The van der Waals surface area contributed by atoms with Crippen LogP contribution in [-0.2, 0) is 6.42 Å². The summed E-state index contributed by atoms with van der Waals surface area (Å²) in [6.45, 7) is 4.83. The number of halogens is 1. The summed E-state index contributed by atoms with van der Waals surface area (Å²) in [6.07, 6.45) is 10.1. The summed E-state index contributed by atoms with van der Waals surface area (Å²) in [5.41, 5.74) is 1.79. The van der Waals surface area contributed by atoms with E-state index < -0.39 is 0 Å². The van der Waals surface area contributed by atoms with Crippen LogP contribution in [0, 0.1) is 5.82 Å². The Bertz CT molecular complexity index is 599. The van der Waals surface area contributed by atoms with Crippen LogP contribution in [0.2, 0.25) is 0 Å². The lowest BCUT2D eigenvalue weighted by atomic mass is 10.1. The molecule has 0 amide bonds. The van der Waals surface area contributed by atoms with Gasteiger partial charge in [0.25, 0.3) is 0 Å². The van der Waals surface area contributed by atoms with Crippen molar-refractivity contribution < 1.29 is 9.13 Å². The molecule has 2 aromatic rings. The summed E-state index contributed by atoms with van der Waals surface area (Å²) in [6, 6.07) is 4.90. The van der Waals surface area contributed by atoms with Gasteiger partial charge in [0.2, 0.25) is 0 Å². The lowest BCUT2D eigenvalue weighted by Crippen LogP contribution is -1.99. The van der Waals surface area contributed by atoms with Crippen molar-refractivity contribution in [2.24, 2.45) is 0 Å². The predicted molar refractivity (Wildman–Crippen MR) is 91.1 cm³/mol. The first-order chi connectivity index (χ1) is 11.2. The van der Waals surface area contributed by atoms with E-state index in [2.05, 4.69) is 23.8 Å². The quantitative estimate of drug-likeness (QED) is 0.597. The zero-order valence-corrected chi connectivity index (χ0v) is 14.0. The lowest BCUT2D eigenvalue weighted by Gasteiger charge is -2.08. The zero-order chi connectivity index (χ0) is 16.5. The highest BCUT2D eigenvalue weighted by atomic mass is 19.1. The standard InChI is InChI=1S/C19H25FN2O/c1-3-5-7-11-23-18-10-9-16(12-17(18)20)19-21-13-15(14-22-19)8-6-4-2/h9-10,12-14H,3-8,11H2,1-2H3. The van der Waals surface area contributed by atoms with Crippen molar-refractivity contribution in [2.45, 2.75) is 52.4 Å². The molecule has 0 aliphatic rings. The Morgan fingerprint density at radius 2 is 1.74 bits per heavy atom. The molecule has 1 aromatic heterocycles. The molecule has 0 radical (unpaired) electrons. The van der Waals surface area contributed by atoms with Gasteiger partial charge in [0.1, 0.15) is 0 Å². The molecule has 2 rings (SSSR count). The van der Waals surface area contributed by atoms with Crippen LogP contribution in [0.5, 0.6) is 5.75 Å². The molecule has 1 aromatic carbocycles. The molecule has 0 fully saturated rings. The molecule has 0 atom stereocenters. The van der Waals surface area contributed by atoms with E-state index in [0.29, 0.717) is 23.7 Å². The van der Waals surface area contributed by atoms with Gasteiger partial charge < -0.3 is 4.74 Å². The van der Waals surface area contributed by atoms with Crippen molar-refractivity contribution in [3.63, 3.8) is 0 Å². The average Bonchev–Trinajstić information content (AvgIpc) is 2.58. The molecule has 3 nitrogen and oxygen atoms in total. The van der Waals surface area contributed by atoms with E-state index in [-0.39, 0.29) is 5.82 Å². The second-order valence-electron chi connectivity index (χ2n) is 5.72. The Hall–Kier alpha value is -1.97. The lowest BCUT2D eigenvalue weighted by molar-refractivity contribution is 0.291. The van der Waals surface area contributed by atoms with E-state index in [9.17, 15) is 4.39 Å². The Morgan fingerprint density at radius 3 is 2.39 bits per heavy atom. The van der Waals surface area contributed by atoms with Crippen LogP contribution in [0.3, 0.4) is 0 Å². The van der Waals surface area contributed by atoms with Gasteiger partial charge in [0.05, 0.1) is 6.61 Å². The number of rotatable bonds is 9.